The van der Waals surface area contributed by atoms with Crippen LogP contribution >= 0.6 is 0 Å². The SMILES string of the molecule is C=CC/C(C=N)=C/N. The molecule has 0 aromatic heterocycles. The van der Waals surface area contributed by atoms with Gasteiger partial charge in [0.1, 0.15) is 0 Å². The van der Waals surface area contributed by atoms with Gasteiger partial charge in [-0.25, -0.2) is 0 Å². The number of rotatable bonds is 3. The molecule has 0 aliphatic rings. The van der Waals surface area contributed by atoms with Crippen molar-refractivity contribution in [1.82, 2.24) is 0 Å². The van der Waals surface area contributed by atoms with Crippen LogP contribution in [0, 0.1) is 5.41 Å². The first-order valence-electron chi connectivity index (χ1n) is 2.37. The lowest BCUT2D eigenvalue weighted by Crippen LogP contribution is -1.87. The fourth-order valence-corrected chi connectivity index (χ4v) is 0.342. The Morgan fingerprint density at radius 3 is 2.50 bits per heavy atom. The van der Waals surface area contributed by atoms with Gasteiger partial charge in [-0.15, -0.1) is 6.58 Å². The maximum atomic E-state index is 6.74. The predicted molar refractivity (Wildman–Crippen MR) is 35.9 cm³/mol. The molecular formula is C6H10N2. The summed E-state index contributed by atoms with van der Waals surface area (Å²) in [6.45, 7) is 3.50. The molecule has 0 spiro atoms. The normalized spacial score (nSPS) is 10.8. The molecule has 0 aliphatic carbocycles. The van der Waals surface area contributed by atoms with Gasteiger partial charge in [0.25, 0.3) is 0 Å². The molecule has 0 bridgehead atoms. The van der Waals surface area contributed by atoms with Crippen molar-refractivity contribution in [2.45, 2.75) is 6.42 Å². The lowest BCUT2D eigenvalue weighted by molar-refractivity contribution is 1.30. The van der Waals surface area contributed by atoms with Gasteiger partial charge in [-0.2, -0.15) is 0 Å². The van der Waals surface area contributed by atoms with Crippen molar-refractivity contribution in [3.05, 3.63) is 24.4 Å². The number of nitrogens with one attached hydrogen (secondary N) is 1. The summed E-state index contributed by atoms with van der Waals surface area (Å²) in [6.07, 6.45) is 5.03. The molecule has 8 heavy (non-hydrogen) atoms. The van der Waals surface area contributed by atoms with E-state index >= 15 is 0 Å². The smallest absolute Gasteiger partial charge is 0.0227 e. The number of hydrogen-bond acceptors (Lipinski definition) is 2. The Balaban J connectivity index is 3.71. The summed E-state index contributed by atoms with van der Waals surface area (Å²) in [7, 11) is 0. The van der Waals surface area contributed by atoms with Gasteiger partial charge < -0.3 is 11.1 Å². The van der Waals surface area contributed by atoms with Gasteiger partial charge >= 0.3 is 0 Å². The van der Waals surface area contributed by atoms with Crippen LogP contribution in [-0.2, 0) is 0 Å². The molecule has 0 unspecified atom stereocenters. The van der Waals surface area contributed by atoms with E-state index < -0.39 is 0 Å². The summed E-state index contributed by atoms with van der Waals surface area (Å²) in [5.74, 6) is 0. The second kappa shape index (κ2) is 4.12. The monoisotopic (exact) mass is 110 g/mol. The van der Waals surface area contributed by atoms with Gasteiger partial charge in [-0.1, -0.05) is 6.08 Å². The molecule has 0 aliphatic heterocycles. The Hall–Kier alpha value is -1.05. The van der Waals surface area contributed by atoms with Crippen molar-refractivity contribution in [2.24, 2.45) is 5.73 Å². The topological polar surface area (TPSA) is 49.9 Å². The molecule has 0 radical (unpaired) electrons. The second-order valence-electron chi connectivity index (χ2n) is 1.38. The van der Waals surface area contributed by atoms with Gasteiger partial charge in [-0.05, 0) is 18.2 Å². The van der Waals surface area contributed by atoms with E-state index in [0.29, 0.717) is 6.42 Å². The summed E-state index contributed by atoms with van der Waals surface area (Å²) in [5.41, 5.74) is 5.90. The highest BCUT2D eigenvalue weighted by atomic mass is 14.5. The zero-order valence-electron chi connectivity index (χ0n) is 4.72. The summed E-state index contributed by atoms with van der Waals surface area (Å²) in [4.78, 5) is 0. The van der Waals surface area contributed by atoms with E-state index in [9.17, 15) is 0 Å². The fraction of sp³-hybridized carbons (Fsp3) is 0.167. The highest BCUT2D eigenvalue weighted by molar-refractivity contribution is 5.75. The maximum absolute atomic E-state index is 6.74. The van der Waals surface area contributed by atoms with Gasteiger partial charge in [0.2, 0.25) is 0 Å². The Morgan fingerprint density at radius 2 is 2.38 bits per heavy atom. The average Bonchev–Trinajstić information content (AvgIpc) is 1.83. The van der Waals surface area contributed by atoms with Gasteiger partial charge in [-0.3, -0.25) is 0 Å². The van der Waals surface area contributed by atoms with E-state index in [0.717, 1.165) is 5.57 Å². The van der Waals surface area contributed by atoms with Crippen molar-refractivity contribution in [2.75, 3.05) is 0 Å². The van der Waals surface area contributed by atoms with Crippen molar-refractivity contribution in [1.29, 1.82) is 5.41 Å². The molecule has 3 N–H and O–H groups in total. The first-order chi connectivity index (χ1) is 3.85. The van der Waals surface area contributed by atoms with Gasteiger partial charge in [0, 0.05) is 6.21 Å². The number of hydrogen-bond donors (Lipinski definition) is 2. The molecule has 0 atom stereocenters. The van der Waals surface area contributed by atoms with Crippen LogP contribution in [0.1, 0.15) is 6.42 Å². The molecule has 0 saturated carbocycles. The van der Waals surface area contributed by atoms with Crippen molar-refractivity contribution >= 4 is 6.21 Å². The molecule has 44 valence electrons. The van der Waals surface area contributed by atoms with Gasteiger partial charge in [0.15, 0.2) is 0 Å². The highest BCUT2D eigenvalue weighted by Gasteiger charge is 1.82. The van der Waals surface area contributed by atoms with Crippen LogP contribution in [-0.4, -0.2) is 6.21 Å². The quantitative estimate of drug-likeness (QED) is 0.414. The third kappa shape index (κ3) is 2.18. The van der Waals surface area contributed by atoms with Crippen molar-refractivity contribution < 1.29 is 0 Å². The summed E-state index contributed by atoms with van der Waals surface area (Å²) in [5, 5.41) is 6.74. The third-order valence-electron chi connectivity index (χ3n) is 0.780. The van der Waals surface area contributed by atoms with Crippen molar-refractivity contribution in [3.8, 4) is 0 Å². The molecule has 0 aromatic rings. The molecule has 0 aromatic carbocycles. The molecule has 0 saturated heterocycles. The van der Waals surface area contributed by atoms with E-state index in [1.165, 1.54) is 12.4 Å². The van der Waals surface area contributed by atoms with Crippen LogP contribution < -0.4 is 5.73 Å². The maximum Gasteiger partial charge on any atom is 0.0227 e. The Morgan fingerprint density at radius 1 is 1.75 bits per heavy atom. The number of nitrogens with two attached hydrogens (primary N) is 1. The largest absolute Gasteiger partial charge is 0.404 e. The minimum atomic E-state index is 0.681. The zero-order valence-corrected chi connectivity index (χ0v) is 4.72. The zero-order chi connectivity index (χ0) is 6.41. The molecule has 0 heterocycles. The van der Waals surface area contributed by atoms with Crippen molar-refractivity contribution in [3.63, 3.8) is 0 Å². The fourth-order valence-electron chi connectivity index (χ4n) is 0.342. The Bertz CT molecular complexity index is 114. The van der Waals surface area contributed by atoms with Crippen LogP contribution in [0.25, 0.3) is 0 Å². The lowest BCUT2D eigenvalue weighted by atomic mass is 10.2. The molecule has 0 rings (SSSR count). The highest BCUT2D eigenvalue weighted by Crippen LogP contribution is 1.93. The van der Waals surface area contributed by atoms with E-state index in [1.807, 2.05) is 0 Å². The first kappa shape index (κ1) is 6.95. The lowest BCUT2D eigenvalue weighted by Gasteiger charge is -1.88. The molecule has 0 fully saturated rings. The number of allylic oxidation sites excluding steroid dienone is 2. The molecule has 0 amide bonds. The molecule has 2 nitrogen and oxygen atoms in total. The van der Waals surface area contributed by atoms with E-state index in [2.05, 4.69) is 6.58 Å². The van der Waals surface area contributed by atoms with Crippen LogP contribution in [0.5, 0.6) is 0 Å². The summed E-state index contributed by atoms with van der Waals surface area (Å²) in [6, 6.07) is 0. The average molecular weight is 110 g/mol. The minimum Gasteiger partial charge on any atom is -0.404 e. The van der Waals surface area contributed by atoms with Gasteiger partial charge in [0.05, 0.1) is 0 Å². The second-order valence-corrected chi connectivity index (χ2v) is 1.38. The molecule has 2 heteroatoms. The summed E-state index contributed by atoms with van der Waals surface area (Å²) >= 11 is 0. The standard InChI is InChI=1S/C6H10N2/c1-2-3-6(4-7)5-8/h2,4-5,7H,1,3,8H2/b6-5-,7-4?. The van der Waals surface area contributed by atoms with Crippen LogP contribution in [0.15, 0.2) is 24.4 Å². The van der Waals surface area contributed by atoms with Crippen LogP contribution in [0.2, 0.25) is 0 Å². The van der Waals surface area contributed by atoms with Crippen LogP contribution in [0.3, 0.4) is 0 Å². The van der Waals surface area contributed by atoms with Crippen LogP contribution in [0.4, 0.5) is 0 Å². The summed E-state index contributed by atoms with van der Waals surface area (Å²) < 4.78 is 0. The first-order valence-corrected chi connectivity index (χ1v) is 2.37. The van der Waals surface area contributed by atoms with E-state index in [4.69, 9.17) is 11.1 Å². The molecular weight excluding hydrogens is 100 g/mol. The predicted octanol–water partition coefficient (Wildman–Crippen LogP) is 1.05. The Kier molecular flexibility index (Phi) is 3.58. The minimum absolute atomic E-state index is 0.681. The third-order valence-corrected chi connectivity index (χ3v) is 0.780. The van der Waals surface area contributed by atoms with E-state index in [1.54, 1.807) is 6.08 Å². The van der Waals surface area contributed by atoms with E-state index in [-0.39, 0.29) is 0 Å². The Labute approximate surface area is 49.2 Å².